The number of nitrogens with one attached hydrogen (secondary N) is 1. The zero-order valence-corrected chi connectivity index (χ0v) is 9.03. The van der Waals surface area contributed by atoms with Crippen LogP contribution in [0.15, 0.2) is 24.3 Å². The van der Waals surface area contributed by atoms with Crippen molar-refractivity contribution in [3.63, 3.8) is 0 Å². The lowest BCUT2D eigenvalue weighted by atomic mass is 10.00. The Kier molecular flexibility index (Phi) is 1.84. The summed E-state index contributed by atoms with van der Waals surface area (Å²) < 4.78 is 0. The number of aromatic nitrogens is 1. The average Bonchev–Trinajstić information content (AvgIpc) is 2.77. The van der Waals surface area contributed by atoms with Crippen LogP contribution in [-0.4, -0.2) is 16.1 Å². The first kappa shape index (κ1) is 9.46. The number of hydrogen-bond acceptors (Lipinski definition) is 1. The molecule has 0 saturated carbocycles. The van der Waals surface area contributed by atoms with Crippen molar-refractivity contribution in [1.82, 2.24) is 4.98 Å². The Morgan fingerprint density at radius 2 is 2.19 bits per heavy atom. The fourth-order valence-electron chi connectivity index (χ4n) is 2.76. The van der Waals surface area contributed by atoms with E-state index in [0.717, 1.165) is 22.2 Å². The molecule has 0 spiro atoms. The highest BCUT2D eigenvalue weighted by atomic mass is 16.4. The number of fused-ring (bicyclic) bond motifs is 3. The summed E-state index contributed by atoms with van der Waals surface area (Å²) in [4.78, 5) is 14.6. The third-order valence-electron chi connectivity index (χ3n) is 3.51. The van der Waals surface area contributed by atoms with Gasteiger partial charge in [0.15, 0.2) is 0 Å². The summed E-state index contributed by atoms with van der Waals surface area (Å²) in [6.07, 6.45) is 0.710. The summed E-state index contributed by atoms with van der Waals surface area (Å²) in [5.74, 6) is -0.750. The van der Waals surface area contributed by atoms with E-state index in [4.69, 9.17) is 0 Å². The van der Waals surface area contributed by atoms with Crippen LogP contribution in [-0.2, 0) is 4.79 Å². The van der Waals surface area contributed by atoms with Crippen molar-refractivity contribution in [2.24, 2.45) is 0 Å². The number of carbonyl (C=O) groups is 1. The minimum Gasteiger partial charge on any atom is -0.481 e. The summed E-state index contributed by atoms with van der Waals surface area (Å²) in [5, 5.41) is 10.3. The van der Waals surface area contributed by atoms with Gasteiger partial charge in [-0.3, -0.25) is 4.79 Å². The molecule has 1 aliphatic carbocycles. The third kappa shape index (κ3) is 1.11. The van der Waals surface area contributed by atoms with Gasteiger partial charge < -0.3 is 10.1 Å². The van der Waals surface area contributed by atoms with Crippen LogP contribution in [0.2, 0.25) is 0 Å². The SMILES string of the molecule is C[C@@H]1C[C@@H](C(=O)O)c2c1[nH]c1ccccc21. The maximum Gasteiger partial charge on any atom is 0.311 e. The maximum atomic E-state index is 11.2. The number of aromatic amines is 1. The highest BCUT2D eigenvalue weighted by Gasteiger charge is 2.36. The highest BCUT2D eigenvalue weighted by molar-refractivity contribution is 5.92. The van der Waals surface area contributed by atoms with Gasteiger partial charge in [0.2, 0.25) is 0 Å². The van der Waals surface area contributed by atoms with E-state index in [1.54, 1.807) is 0 Å². The van der Waals surface area contributed by atoms with Crippen LogP contribution in [0, 0.1) is 0 Å². The van der Waals surface area contributed by atoms with Crippen molar-refractivity contribution in [3.05, 3.63) is 35.5 Å². The molecule has 3 heteroatoms. The fourth-order valence-corrected chi connectivity index (χ4v) is 2.76. The Balaban J connectivity index is 2.30. The lowest BCUT2D eigenvalue weighted by molar-refractivity contribution is -0.138. The van der Waals surface area contributed by atoms with Gasteiger partial charge in [0, 0.05) is 16.6 Å². The van der Waals surface area contributed by atoms with E-state index in [9.17, 15) is 9.90 Å². The van der Waals surface area contributed by atoms with Crippen LogP contribution in [0.1, 0.15) is 36.4 Å². The predicted octanol–water partition coefficient (Wildman–Crippen LogP) is 2.84. The molecule has 82 valence electrons. The Labute approximate surface area is 93.1 Å². The molecule has 0 bridgehead atoms. The number of aliphatic carboxylic acids is 1. The molecule has 1 aliphatic rings. The topological polar surface area (TPSA) is 53.1 Å². The second kappa shape index (κ2) is 3.11. The molecule has 2 aromatic rings. The first-order chi connectivity index (χ1) is 7.68. The van der Waals surface area contributed by atoms with E-state index in [-0.39, 0.29) is 5.92 Å². The van der Waals surface area contributed by atoms with Crippen molar-refractivity contribution in [2.45, 2.75) is 25.2 Å². The number of carboxylic acid groups (broad SMARTS) is 1. The lowest BCUT2D eigenvalue weighted by Gasteiger charge is -2.05. The van der Waals surface area contributed by atoms with Gasteiger partial charge in [-0.15, -0.1) is 0 Å². The molecule has 0 fully saturated rings. The molecule has 1 aromatic carbocycles. The van der Waals surface area contributed by atoms with E-state index in [2.05, 4.69) is 11.9 Å². The third-order valence-corrected chi connectivity index (χ3v) is 3.51. The van der Waals surface area contributed by atoms with Crippen LogP contribution in [0.5, 0.6) is 0 Å². The standard InChI is InChI=1S/C13H13NO2/c1-7-6-9(13(15)16)11-8-4-2-3-5-10(8)14-12(7)11/h2-5,7,9,14H,6H2,1H3,(H,15,16)/t7-,9-/m1/s1. The molecule has 16 heavy (non-hydrogen) atoms. The van der Waals surface area contributed by atoms with E-state index in [0.29, 0.717) is 12.3 Å². The molecular weight excluding hydrogens is 202 g/mol. The number of hydrogen-bond donors (Lipinski definition) is 2. The van der Waals surface area contributed by atoms with Gasteiger partial charge in [0.25, 0.3) is 0 Å². The Morgan fingerprint density at radius 3 is 2.94 bits per heavy atom. The predicted molar refractivity (Wildman–Crippen MR) is 61.7 cm³/mol. The lowest BCUT2D eigenvalue weighted by Crippen LogP contribution is -2.07. The summed E-state index contributed by atoms with van der Waals surface area (Å²) in [6, 6.07) is 7.92. The average molecular weight is 215 g/mol. The Morgan fingerprint density at radius 1 is 1.44 bits per heavy atom. The minimum absolute atomic E-state index is 0.309. The van der Waals surface area contributed by atoms with Gasteiger partial charge >= 0.3 is 5.97 Å². The zero-order chi connectivity index (χ0) is 11.3. The molecule has 0 amide bonds. The molecule has 0 unspecified atom stereocenters. The largest absolute Gasteiger partial charge is 0.481 e. The Bertz CT molecular complexity index is 570. The van der Waals surface area contributed by atoms with E-state index in [1.165, 1.54) is 0 Å². The summed E-state index contributed by atoms with van der Waals surface area (Å²) >= 11 is 0. The summed E-state index contributed by atoms with van der Waals surface area (Å²) in [5.41, 5.74) is 3.15. The molecule has 1 heterocycles. The van der Waals surface area contributed by atoms with Crippen LogP contribution in [0.3, 0.4) is 0 Å². The molecule has 3 rings (SSSR count). The number of rotatable bonds is 1. The quantitative estimate of drug-likeness (QED) is 0.768. The number of carboxylic acids is 1. The Hall–Kier alpha value is -1.77. The van der Waals surface area contributed by atoms with Gasteiger partial charge in [-0.05, 0) is 24.0 Å². The second-order valence-corrected chi connectivity index (χ2v) is 4.53. The van der Waals surface area contributed by atoms with Gasteiger partial charge in [0.05, 0.1) is 5.92 Å². The zero-order valence-electron chi connectivity index (χ0n) is 9.03. The molecular formula is C13H13NO2. The molecule has 0 radical (unpaired) electrons. The smallest absolute Gasteiger partial charge is 0.311 e. The van der Waals surface area contributed by atoms with E-state index < -0.39 is 5.97 Å². The van der Waals surface area contributed by atoms with Gasteiger partial charge in [-0.1, -0.05) is 25.1 Å². The monoisotopic (exact) mass is 215 g/mol. The van der Waals surface area contributed by atoms with Gasteiger partial charge in [-0.2, -0.15) is 0 Å². The van der Waals surface area contributed by atoms with Crippen molar-refractivity contribution >= 4 is 16.9 Å². The molecule has 2 atom stereocenters. The van der Waals surface area contributed by atoms with Crippen molar-refractivity contribution in [1.29, 1.82) is 0 Å². The molecule has 1 aromatic heterocycles. The van der Waals surface area contributed by atoms with Gasteiger partial charge in [-0.25, -0.2) is 0 Å². The van der Waals surface area contributed by atoms with Crippen molar-refractivity contribution in [2.75, 3.05) is 0 Å². The first-order valence-electron chi connectivity index (χ1n) is 5.51. The summed E-state index contributed by atoms with van der Waals surface area (Å²) in [6.45, 7) is 2.08. The number of H-pyrrole nitrogens is 1. The van der Waals surface area contributed by atoms with Crippen LogP contribution < -0.4 is 0 Å². The maximum absolute atomic E-state index is 11.2. The first-order valence-corrected chi connectivity index (χ1v) is 5.51. The minimum atomic E-state index is -0.713. The molecule has 0 saturated heterocycles. The van der Waals surface area contributed by atoms with Crippen LogP contribution in [0.4, 0.5) is 0 Å². The number of para-hydroxylation sites is 1. The normalized spacial score (nSPS) is 23.6. The van der Waals surface area contributed by atoms with Crippen molar-refractivity contribution < 1.29 is 9.90 Å². The fraction of sp³-hybridized carbons (Fsp3) is 0.308. The summed E-state index contributed by atoms with van der Waals surface area (Å²) in [7, 11) is 0. The van der Waals surface area contributed by atoms with E-state index >= 15 is 0 Å². The number of benzene rings is 1. The molecule has 2 N–H and O–H groups in total. The van der Waals surface area contributed by atoms with Crippen LogP contribution in [0.25, 0.3) is 10.9 Å². The van der Waals surface area contributed by atoms with Gasteiger partial charge in [0.1, 0.15) is 0 Å². The van der Waals surface area contributed by atoms with Crippen molar-refractivity contribution in [3.8, 4) is 0 Å². The molecule has 0 aliphatic heterocycles. The highest BCUT2D eigenvalue weighted by Crippen LogP contribution is 2.44. The second-order valence-electron chi connectivity index (χ2n) is 4.53. The van der Waals surface area contributed by atoms with Crippen LogP contribution >= 0.6 is 0 Å². The van der Waals surface area contributed by atoms with E-state index in [1.807, 2.05) is 24.3 Å². The molecule has 3 nitrogen and oxygen atoms in total.